The fraction of sp³-hybridized carbons (Fsp3) is 0.333. The zero-order valence-electron chi connectivity index (χ0n) is 17.1. The van der Waals surface area contributed by atoms with Gasteiger partial charge in [0.25, 0.3) is 0 Å². The Labute approximate surface area is 196 Å². The van der Waals surface area contributed by atoms with Crippen LogP contribution in [0.2, 0.25) is 0 Å². The number of aromatic nitrogens is 3. The lowest BCUT2D eigenvalue weighted by Crippen LogP contribution is -2.16. The quantitative estimate of drug-likeness (QED) is 0.355. The number of hydrogen-bond donors (Lipinski definition) is 1. The van der Waals surface area contributed by atoms with E-state index >= 15 is 0 Å². The number of thiophene rings is 1. The van der Waals surface area contributed by atoms with Gasteiger partial charge in [0, 0.05) is 21.5 Å². The Hall–Kier alpha value is -2.17. The average molecular weight is 521 g/mol. The molecule has 0 saturated heterocycles. The number of methoxy groups -OCH3 is 1. The molecule has 0 atom stereocenters. The molecule has 2 aromatic heterocycles. The molecule has 0 fully saturated rings. The molecule has 0 radical (unpaired) electrons. The SMILES string of the molecule is CCn1c(SCC(=O)Nc2sc3c(c2C(=O)OC)CCC3)nnc1-c1ccc(Br)cc1. The lowest BCUT2D eigenvalue weighted by Gasteiger charge is -2.08. The summed E-state index contributed by atoms with van der Waals surface area (Å²) in [7, 11) is 1.36. The van der Waals surface area contributed by atoms with E-state index in [0.717, 1.165) is 45.6 Å². The summed E-state index contributed by atoms with van der Waals surface area (Å²) < 4.78 is 7.92. The number of rotatable bonds is 7. The monoisotopic (exact) mass is 520 g/mol. The molecule has 1 aromatic carbocycles. The molecule has 0 aliphatic heterocycles. The van der Waals surface area contributed by atoms with Crippen LogP contribution in [0.15, 0.2) is 33.9 Å². The Kier molecular flexibility index (Phi) is 6.78. The highest BCUT2D eigenvalue weighted by atomic mass is 79.9. The maximum absolute atomic E-state index is 12.6. The summed E-state index contributed by atoms with van der Waals surface area (Å²) in [6.45, 7) is 2.71. The minimum Gasteiger partial charge on any atom is -0.465 e. The summed E-state index contributed by atoms with van der Waals surface area (Å²) in [4.78, 5) is 26.1. The molecule has 31 heavy (non-hydrogen) atoms. The Morgan fingerprint density at radius 3 is 2.74 bits per heavy atom. The van der Waals surface area contributed by atoms with Crippen molar-refractivity contribution in [3.8, 4) is 11.4 Å². The van der Waals surface area contributed by atoms with Crippen LogP contribution < -0.4 is 5.32 Å². The molecule has 1 aliphatic carbocycles. The number of thioether (sulfide) groups is 1. The number of hydrogen-bond acceptors (Lipinski definition) is 7. The van der Waals surface area contributed by atoms with Crippen molar-refractivity contribution in [2.75, 3.05) is 18.2 Å². The fourth-order valence-corrected chi connectivity index (χ4v) is 5.96. The van der Waals surface area contributed by atoms with Crippen LogP contribution >= 0.6 is 39.0 Å². The number of ether oxygens (including phenoxy) is 1. The topological polar surface area (TPSA) is 86.1 Å². The minimum atomic E-state index is -0.396. The summed E-state index contributed by atoms with van der Waals surface area (Å²) in [5.41, 5.74) is 2.49. The van der Waals surface area contributed by atoms with Crippen LogP contribution in [0.4, 0.5) is 5.00 Å². The van der Waals surface area contributed by atoms with Crippen molar-refractivity contribution in [2.24, 2.45) is 0 Å². The Morgan fingerprint density at radius 2 is 2.03 bits per heavy atom. The first-order chi connectivity index (χ1) is 15.0. The number of carbonyl (C=O) groups excluding carboxylic acids is 2. The molecule has 0 unspecified atom stereocenters. The first kappa shape index (κ1) is 22.0. The van der Waals surface area contributed by atoms with Crippen molar-refractivity contribution in [2.45, 2.75) is 37.9 Å². The van der Waals surface area contributed by atoms with E-state index in [9.17, 15) is 9.59 Å². The van der Waals surface area contributed by atoms with Crippen LogP contribution in [0.25, 0.3) is 11.4 Å². The van der Waals surface area contributed by atoms with E-state index in [4.69, 9.17) is 4.74 Å². The maximum atomic E-state index is 12.6. The van der Waals surface area contributed by atoms with Crippen molar-refractivity contribution < 1.29 is 14.3 Å². The number of nitrogens with one attached hydrogen (secondary N) is 1. The Bertz CT molecular complexity index is 1120. The highest BCUT2D eigenvalue weighted by Gasteiger charge is 2.28. The van der Waals surface area contributed by atoms with Gasteiger partial charge < -0.3 is 14.6 Å². The second kappa shape index (κ2) is 9.54. The molecule has 7 nitrogen and oxygen atoms in total. The van der Waals surface area contributed by atoms with Gasteiger partial charge in [-0.2, -0.15) is 0 Å². The highest BCUT2D eigenvalue weighted by Crippen LogP contribution is 2.39. The fourth-order valence-electron chi connectivity index (χ4n) is 3.60. The van der Waals surface area contributed by atoms with Crippen LogP contribution in [0, 0.1) is 0 Å². The third-order valence-corrected chi connectivity index (χ3v) is 7.73. The second-order valence-corrected chi connectivity index (χ2v) is 9.91. The average Bonchev–Trinajstić information content (AvgIpc) is 3.46. The van der Waals surface area contributed by atoms with Crippen LogP contribution in [0.1, 0.15) is 34.1 Å². The van der Waals surface area contributed by atoms with Crippen LogP contribution in [-0.4, -0.2) is 39.5 Å². The van der Waals surface area contributed by atoms with E-state index in [1.165, 1.54) is 30.2 Å². The van der Waals surface area contributed by atoms with Crippen molar-refractivity contribution >= 4 is 55.9 Å². The maximum Gasteiger partial charge on any atom is 0.341 e. The summed E-state index contributed by atoms with van der Waals surface area (Å²) in [5.74, 6) is 0.348. The number of nitrogens with zero attached hydrogens (tertiary/aromatic N) is 3. The third kappa shape index (κ3) is 4.56. The zero-order chi connectivity index (χ0) is 22.0. The van der Waals surface area contributed by atoms with Gasteiger partial charge in [-0.15, -0.1) is 21.5 Å². The number of fused-ring (bicyclic) bond motifs is 1. The first-order valence-electron chi connectivity index (χ1n) is 9.86. The zero-order valence-corrected chi connectivity index (χ0v) is 20.3. The number of esters is 1. The Balaban J connectivity index is 1.47. The lowest BCUT2D eigenvalue weighted by atomic mass is 10.1. The van der Waals surface area contributed by atoms with Crippen molar-refractivity contribution in [1.29, 1.82) is 0 Å². The van der Waals surface area contributed by atoms with E-state index in [-0.39, 0.29) is 11.7 Å². The van der Waals surface area contributed by atoms with Crippen LogP contribution in [0.3, 0.4) is 0 Å². The summed E-state index contributed by atoms with van der Waals surface area (Å²) >= 11 is 6.24. The molecule has 0 bridgehead atoms. The van der Waals surface area contributed by atoms with Gasteiger partial charge in [-0.3, -0.25) is 4.79 Å². The van der Waals surface area contributed by atoms with E-state index < -0.39 is 5.97 Å². The predicted octanol–water partition coefficient (Wildman–Crippen LogP) is 4.80. The van der Waals surface area contributed by atoms with E-state index in [1.54, 1.807) is 0 Å². The van der Waals surface area contributed by atoms with E-state index in [1.807, 2.05) is 35.8 Å². The molecule has 4 rings (SSSR count). The van der Waals surface area contributed by atoms with Crippen molar-refractivity contribution in [3.05, 3.63) is 44.7 Å². The molecule has 10 heteroatoms. The number of amides is 1. The number of benzene rings is 1. The van der Waals surface area contributed by atoms with Gasteiger partial charge in [0.05, 0.1) is 18.4 Å². The molecule has 0 saturated carbocycles. The van der Waals surface area contributed by atoms with E-state index in [2.05, 4.69) is 31.4 Å². The van der Waals surface area contributed by atoms with Crippen LogP contribution in [-0.2, 0) is 28.9 Å². The minimum absolute atomic E-state index is 0.168. The third-order valence-electron chi connectivity index (χ3n) is 5.03. The molecular weight excluding hydrogens is 500 g/mol. The molecule has 162 valence electrons. The summed E-state index contributed by atoms with van der Waals surface area (Å²) in [5, 5.41) is 12.8. The van der Waals surface area contributed by atoms with Gasteiger partial charge in [-0.1, -0.05) is 39.8 Å². The second-order valence-electron chi connectivity index (χ2n) is 6.95. The predicted molar refractivity (Wildman–Crippen MR) is 126 cm³/mol. The Morgan fingerprint density at radius 1 is 1.26 bits per heavy atom. The molecule has 0 spiro atoms. The molecule has 1 aliphatic rings. The van der Waals surface area contributed by atoms with Crippen molar-refractivity contribution in [1.82, 2.24) is 14.8 Å². The lowest BCUT2D eigenvalue weighted by molar-refractivity contribution is -0.113. The van der Waals surface area contributed by atoms with Crippen LogP contribution in [0.5, 0.6) is 0 Å². The van der Waals surface area contributed by atoms with Gasteiger partial charge in [-0.25, -0.2) is 4.79 Å². The molecule has 1 N–H and O–H groups in total. The van der Waals surface area contributed by atoms with Gasteiger partial charge in [0.15, 0.2) is 11.0 Å². The normalized spacial score (nSPS) is 12.6. The first-order valence-corrected chi connectivity index (χ1v) is 12.5. The largest absolute Gasteiger partial charge is 0.465 e. The van der Waals surface area contributed by atoms with Gasteiger partial charge >= 0.3 is 5.97 Å². The molecule has 2 heterocycles. The summed E-state index contributed by atoms with van der Waals surface area (Å²) in [6.07, 6.45) is 2.81. The smallest absolute Gasteiger partial charge is 0.341 e. The number of carbonyl (C=O) groups is 2. The van der Waals surface area contributed by atoms with Gasteiger partial charge in [-0.05, 0) is 43.9 Å². The van der Waals surface area contributed by atoms with Crippen molar-refractivity contribution in [3.63, 3.8) is 0 Å². The van der Waals surface area contributed by atoms with E-state index in [0.29, 0.717) is 22.3 Å². The van der Waals surface area contributed by atoms with Gasteiger partial charge in [0.2, 0.25) is 5.91 Å². The summed E-state index contributed by atoms with van der Waals surface area (Å²) in [6, 6.07) is 7.88. The number of anilines is 1. The highest BCUT2D eigenvalue weighted by molar-refractivity contribution is 9.10. The molecule has 1 amide bonds. The molecule has 3 aromatic rings. The standard InChI is InChI=1S/C21H21BrN4O3S2/c1-3-26-18(12-7-9-13(22)10-8-12)24-25-21(26)30-11-16(27)23-19-17(20(28)29-2)14-5-4-6-15(14)31-19/h7-10H,3-6,11H2,1-2H3,(H,23,27). The molecular formula is C21H21BrN4O3S2. The van der Waals surface area contributed by atoms with Gasteiger partial charge in [0.1, 0.15) is 5.00 Å². The number of halogens is 1. The number of aryl methyl sites for hydroxylation is 1.